The number of anilines is 2. The van der Waals surface area contributed by atoms with E-state index in [4.69, 9.17) is 79.4 Å². The third-order valence-electron chi connectivity index (χ3n) is 5.98. The highest BCUT2D eigenvalue weighted by atomic mass is 35.5. The summed E-state index contributed by atoms with van der Waals surface area (Å²) in [7, 11) is 0. The van der Waals surface area contributed by atoms with Crippen molar-refractivity contribution in [2.75, 3.05) is 16.6 Å². The van der Waals surface area contributed by atoms with E-state index in [9.17, 15) is 19.2 Å². The largest absolute Gasteiger partial charge is 0.462 e. The highest BCUT2D eigenvalue weighted by molar-refractivity contribution is 6.54. The lowest BCUT2D eigenvalue weighted by Crippen LogP contribution is -2.83. The molecule has 0 fully saturated rings. The molecule has 0 radical (unpaired) electrons. The van der Waals surface area contributed by atoms with E-state index in [1.807, 2.05) is 5.92 Å². The average molecular weight is 730 g/mol. The van der Waals surface area contributed by atoms with Gasteiger partial charge < -0.3 is 9.84 Å². The highest BCUT2D eigenvalue weighted by Crippen LogP contribution is 2.39. The summed E-state index contributed by atoms with van der Waals surface area (Å²) in [5, 5.41) is 18.1. The van der Waals surface area contributed by atoms with Gasteiger partial charge in [-0.1, -0.05) is 98.9 Å². The van der Waals surface area contributed by atoms with Gasteiger partial charge >= 0.3 is 17.7 Å². The van der Waals surface area contributed by atoms with E-state index < -0.39 is 29.5 Å². The molecular weight excluding hydrogens is 713 g/mol. The van der Waals surface area contributed by atoms with Gasteiger partial charge in [-0.25, -0.2) is 4.79 Å². The van der Waals surface area contributed by atoms with Crippen LogP contribution in [0.2, 0.25) is 30.1 Å². The molecule has 0 saturated carbocycles. The molecule has 1 atom stereocenters. The number of Topliss-reactive ketones (excluding diaryl/α,β-unsaturated/α-hetero) is 1. The smallest absolute Gasteiger partial charge is 0.359 e. The van der Waals surface area contributed by atoms with E-state index in [0.29, 0.717) is 0 Å². The first-order valence-corrected chi connectivity index (χ1v) is 14.8. The SMILES string of the molecule is CCOC(=O)C1=NN(c2c(Cl)cc(Cl)cc2Cl)C(=O)C1=CC=CC=CC1C(=O)N(c2c(Cl)cc(Cl)cc2Cl)[NH+]=C1C(=O)C#CO. The van der Waals surface area contributed by atoms with Gasteiger partial charge in [0, 0.05) is 16.0 Å². The summed E-state index contributed by atoms with van der Waals surface area (Å²) in [4.78, 5) is 51.9. The molecule has 0 aromatic heterocycles. The second-order valence-corrected chi connectivity index (χ2v) is 11.3. The Labute approximate surface area is 285 Å². The molecule has 2 aromatic carbocycles. The zero-order valence-corrected chi connectivity index (χ0v) is 27.1. The van der Waals surface area contributed by atoms with Crippen LogP contribution in [0.3, 0.4) is 0 Å². The standard InChI is InChI=1S/C29H16Cl6N4O6/c1-2-45-29(44)24-17(28(43)39(37-24)26-20(34)12-15(31)13-21(26)35)7-5-3-4-6-16-23(22(41)8-9-40)36-38(27(16)42)25-18(32)10-14(30)11-19(25)33/h3-7,10-13,16,40H,2H2,1H3/p+1. The van der Waals surface area contributed by atoms with Crippen molar-refractivity contribution in [2.45, 2.75) is 6.92 Å². The molecule has 16 heteroatoms. The molecule has 0 bridgehead atoms. The summed E-state index contributed by atoms with van der Waals surface area (Å²) in [6, 6.07) is 5.45. The summed E-state index contributed by atoms with van der Waals surface area (Å²) in [5.41, 5.74) is -0.580. The van der Waals surface area contributed by atoms with E-state index in [0.717, 1.165) is 10.0 Å². The molecule has 10 nitrogen and oxygen atoms in total. The zero-order valence-electron chi connectivity index (χ0n) is 22.6. The van der Waals surface area contributed by atoms with Crippen LogP contribution in [0.25, 0.3) is 0 Å². The van der Waals surface area contributed by atoms with E-state index in [-0.39, 0.29) is 65.1 Å². The number of amides is 2. The zero-order chi connectivity index (χ0) is 33.0. The highest BCUT2D eigenvalue weighted by Gasteiger charge is 2.46. The molecule has 2 N–H and O–H groups in total. The lowest BCUT2D eigenvalue weighted by Gasteiger charge is -2.15. The fourth-order valence-corrected chi connectivity index (χ4v) is 6.07. The number of benzene rings is 2. The third-order valence-corrected chi connectivity index (χ3v) is 7.57. The van der Waals surface area contributed by atoms with E-state index in [1.165, 1.54) is 60.8 Å². The number of halogens is 6. The van der Waals surface area contributed by atoms with Gasteiger partial charge in [-0.2, -0.15) is 10.1 Å². The molecule has 0 aliphatic carbocycles. The fraction of sp³-hybridized carbons (Fsp3) is 0.103. The van der Waals surface area contributed by atoms with Crippen molar-refractivity contribution >= 4 is 116 Å². The van der Waals surface area contributed by atoms with Crippen molar-refractivity contribution in [3.63, 3.8) is 0 Å². The normalized spacial score (nSPS) is 17.3. The predicted octanol–water partition coefficient (Wildman–Crippen LogP) is 4.91. The first-order valence-electron chi connectivity index (χ1n) is 12.5. The monoisotopic (exact) mass is 727 g/mol. The number of carbonyl (C=O) groups is 4. The number of carbonyl (C=O) groups excluding carboxylic acids is 4. The fourth-order valence-electron chi connectivity index (χ4n) is 4.11. The van der Waals surface area contributed by atoms with Crippen molar-refractivity contribution in [3.05, 3.63) is 90.4 Å². The molecule has 4 rings (SSSR count). The molecule has 0 saturated heterocycles. The van der Waals surface area contributed by atoms with Crippen LogP contribution in [0.4, 0.5) is 11.4 Å². The Balaban J connectivity index is 1.64. The number of hydrazine groups is 1. The van der Waals surface area contributed by atoms with Crippen LogP contribution in [0.15, 0.2) is 65.3 Å². The minimum Gasteiger partial charge on any atom is -0.462 e. The summed E-state index contributed by atoms with van der Waals surface area (Å²) >= 11 is 37.0. The van der Waals surface area contributed by atoms with Gasteiger partial charge in [-0.3, -0.25) is 14.4 Å². The summed E-state index contributed by atoms with van der Waals surface area (Å²) in [5.74, 6) is -2.36. The number of nitrogens with one attached hydrogen (secondary N) is 1. The van der Waals surface area contributed by atoms with Crippen molar-refractivity contribution in [1.29, 1.82) is 0 Å². The Hall–Kier alpha value is -3.82. The van der Waals surface area contributed by atoms with Crippen molar-refractivity contribution in [3.8, 4) is 12.0 Å². The van der Waals surface area contributed by atoms with Gasteiger partial charge in [0.1, 0.15) is 17.5 Å². The number of allylic oxidation sites excluding steroid dienone is 4. The quantitative estimate of drug-likeness (QED) is 0.172. The second kappa shape index (κ2) is 14.5. The molecule has 2 aromatic rings. The van der Waals surface area contributed by atoms with Gasteiger partial charge in [0.05, 0.1) is 32.3 Å². The van der Waals surface area contributed by atoms with Gasteiger partial charge in [0.15, 0.2) is 11.6 Å². The lowest BCUT2D eigenvalue weighted by atomic mass is 9.99. The number of ketones is 1. The number of hydrogen-bond acceptors (Lipinski definition) is 7. The lowest BCUT2D eigenvalue weighted by molar-refractivity contribution is -0.454. The van der Waals surface area contributed by atoms with Crippen LogP contribution in [0.1, 0.15) is 6.92 Å². The molecule has 230 valence electrons. The van der Waals surface area contributed by atoms with Gasteiger partial charge in [-0.05, 0) is 37.3 Å². The number of hydrogen-bond donors (Lipinski definition) is 2. The Morgan fingerprint density at radius 3 is 2.09 bits per heavy atom. The van der Waals surface area contributed by atoms with Crippen LogP contribution in [0, 0.1) is 17.9 Å². The molecule has 1 unspecified atom stereocenters. The molecule has 45 heavy (non-hydrogen) atoms. The van der Waals surface area contributed by atoms with Gasteiger partial charge in [0.2, 0.25) is 0 Å². The summed E-state index contributed by atoms with van der Waals surface area (Å²) in [6.07, 6.45) is 8.37. The van der Waals surface area contributed by atoms with Crippen molar-refractivity contribution in [2.24, 2.45) is 11.0 Å². The van der Waals surface area contributed by atoms with Crippen molar-refractivity contribution < 1.29 is 34.1 Å². The molecule has 2 aliphatic heterocycles. The summed E-state index contributed by atoms with van der Waals surface area (Å²) in [6.45, 7) is 1.61. The Morgan fingerprint density at radius 2 is 1.53 bits per heavy atom. The number of nitrogens with zero attached hydrogens (tertiary/aromatic N) is 3. The number of aliphatic hydroxyl groups is 1. The number of hydrazone groups is 2. The first-order chi connectivity index (χ1) is 21.4. The Bertz CT molecular complexity index is 1810. The topological polar surface area (TPSA) is 131 Å². The maximum absolute atomic E-state index is 13.4. The average Bonchev–Trinajstić information content (AvgIpc) is 3.44. The molecular formula is C29H17Cl6N4O6+. The molecule has 0 spiro atoms. The number of rotatable bonds is 8. The van der Waals surface area contributed by atoms with Crippen LogP contribution in [0.5, 0.6) is 0 Å². The van der Waals surface area contributed by atoms with Crippen LogP contribution in [-0.2, 0) is 23.9 Å². The first kappa shape index (κ1) is 34.1. The maximum Gasteiger partial charge on any atom is 0.359 e. The minimum absolute atomic E-state index is 0.0122. The van der Waals surface area contributed by atoms with E-state index in [1.54, 1.807) is 6.92 Å². The number of esters is 1. The third kappa shape index (κ3) is 7.20. The number of aliphatic hydroxyl groups excluding tert-OH is 1. The van der Waals surface area contributed by atoms with Crippen LogP contribution >= 0.6 is 69.6 Å². The Morgan fingerprint density at radius 1 is 0.956 bits per heavy atom. The van der Waals surface area contributed by atoms with Gasteiger partial charge in [-0.15, -0.1) is 5.10 Å². The molecule has 2 heterocycles. The predicted molar refractivity (Wildman–Crippen MR) is 173 cm³/mol. The van der Waals surface area contributed by atoms with Gasteiger partial charge in [0.25, 0.3) is 11.6 Å². The summed E-state index contributed by atoms with van der Waals surface area (Å²) < 4.78 is 5.05. The maximum atomic E-state index is 13.4. The number of ether oxygens (including phenoxy) is 1. The minimum atomic E-state index is -1.20. The van der Waals surface area contributed by atoms with E-state index >= 15 is 0 Å². The molecule has 2 aliphatic rings. The molecule has 2 amide bonds. The van der Waals surface area contributed by atoms with Crippen molar-refractivity contribution in [1.82, 2.24) is 0 Å². The van der Waals surface area contributed by atoms with Crippen LogP contribution in [-0.4, -0.2) is 46.7 Å². The second-order valence-electron chi connectivity index (χ2n) is 8.81. The Kier molecular flexibility index (Phi) is 11.0. The van der Waals surface area contributed by atoms with E-state index in [2.05, 4.69) is 10.2 Å². The van der Waals surface area contributed by atoms with Crippen LogP contribution < -0.4 is 15.1 Å².